The molecule has 4 nitrogen and oxygen atoms in total. The number of carboxylic acids is 1. The van der Waals surface area contributed by atoms with Crippen molar-refractivity contribution in [3.63, 3.8) is 0 Å². The molecule has 1 rings (SSSR count). The second kappa shape index (κ2) is 4.25. The van der Waals surface area contributed by atoms with Gasteiger partial charge in [0.25, 0.3) is 0 Å². The van der Waals surface area contributed by atoms with Crippen LogP contribution in [-0.2, 0) is 4.79 Å². The molecule has 0 amide bonds. The lowest BCUT2D eigenvalue weighted by Crippen LogP contribution is -1.95. The molecule has 0 atom stereocenters. The number of carbonyl (C=O) groups is 2. The van der Waals surface area contributed by atoms with Gasteiger partial charge in [-0.3, -0.25) is 4.79 Å². The highest BCUT2D eigenvalue weighted by Crippen LogP contribution is 2.04. The van der Waals surface area contributed by atoms with E-state index in [-0.39, 0.29) is 18.0 Å². The normalized spacial score (nSPS) is 10.5. The van der Waals surface area contributed by atoms with Gasteiger partial charge in [0.15, 0.2) is 5.76 Å². The summed E-state index contributed by atoms with van der Waals surface area (Å²) in [4.78, 5) is 21.2. The van der Waals surface area contributed by atoms with Crippen LogP contribution in [0.1, 0.15) is 17.0 Å². The summed E-state index contributed by atoms with van der Waals surface area (Å²) in [7, 11) is 0. The first-order chi connectivity index (χ1) is 6.20. The summed E-state index contributed by atoms with van der Waals surface area (Å²) in [5.41, 5.74) is 0. The first kappa shape index (κ1) is 9.25. The smallest absolute Gasteiger partial charge is 0.327 e. The highest BCUT2D eigenvalue weighted by atomic mass is 16.4. The maximum Gasteiger partial charge on any atom is 0.327 e. The van der Waals surface area contributed by atoms with E-state index in [1.54, 1.807) is 6.07 Å². The monoisotopic (exact) mass is 180 g/mol. The average Bonchev–Trinajstić information content (AvgIpc) is 2.55. The molecule has 0 aliphatic carbocycles. The van der Waals surface area contributed by atoms with E-state index < -0.39 is 5.97 Å². The predicted octanol–water partition coefficient (Wildman–Crippen LogP) is 1.49. The van der Waals surface area contributed by atoms with Gasteiger partial charge in [0.2, 0.25) is 5.78 Å². The van der Waals surface area contributed by atoms with E-state index in [4.69, 9.17) is 9.52 Å². The minimum Gasteiger partial charge on any atom is -0.478 e. The molecule has 0 aliphatic heterocycles. The van der Waals surface area contributed by atoms with E-state index in [1.807, 2.05) is 0 Å². The van der Waals surface area contributed by atoms with Gasteiger partial charge >= 0.3 is 5.97 Å². The van der Waals surface area contributed by atoms with Gasteiger partial charge < -0.3 is 9.52 Å². The van der Waals surface area contributed by atoms with Crippen LogP contribution in [0.25, 0.3) is 0 Å². The van der Waals surface area contributed by atoms with Crippen LogP contribution in [0.4, 0.5) is 0 Å². The molecule has 1 aromatic heterocycles. The number of allylic oxidation sites excluding steroid dienone is 1. The zero-order valence-electron chi connectivity index (χ0n) is 6.77. The van der Waals surface area contributed by atoms with Gasteiger partial charge in [-0.25, -0.2) is 4.79 Å². The van der Waals surface area contributed by atoms with Crippen molar-refractivity contribution in [3.05, 3.63) is 36.3 Å². The van der Waals surface area contributed by atoms with Gasteiger partial charge in [-0.1, -0.05) is 6.08 Å². The summed E-state index contributed by atoms with van der Waals surface area (Å²) in [5, 5.41) is 8.24. The van der Waals surface area contributed by atoms with Crippen molar-refractivity contribution in [2.24, 2.45) is 0 Å². The Kier molecular flexibility index (Phi) is 3.03. The first-order valence-corrected chi connectivity index (χ1v) is 3.66. The Morgan fingerprint density at radius 2 is 2.31 bits per heavy atom. The van der Waals surface area contributed by atoms with Crippen molar-refractivity contribution >= 4 is 11.8 Å². The summed E-state index contributed by atoms with van der Waals surface area (Å²) in [6.07, 6.45) is 3.65. The fraction of sp³-hybridized carbons (Fsp3) is 0.111. The molecule has 0 aliphatic rings. The van der Waals surface area contributed by atoms with E-state index in [0.29, 0.717) is 0 Å². The Morgan fingerprint density at radius 1 is 1.54 bits per heavy atom. The van der Waals surface area contributed by atoms with Crippen LogP contribution in [0.5, 0.6) is 0 Å². The molecule has 0 spiro atoms. The maximum atomic E-state index is 11.1. The van der Waals surface area contributed by atoms with Crippen LogP contribution in [0.3, 0.4) is 0 Å². The Labute approximate surface area is 74.5 Å². The minimum atomic E-state index is -1.06. The van der Waals surface area contributed by atoms with E-state index in [0.717, 1.165) is 6.08 Å². The Balaban J connectivity index is 2.48. The Hall–Kier alpha value is -1.84. The number of hydrogen-bond donors (Lipinski definition) is 1. The second-order valence-corrected chi connectivity index (χ2v) is 2.35. The predicted molar refractivity (Wildman–Crippen MR) is 44.4 cm³/mol. The van der Waals surface area contributed by atoms with Crippen molar-refractivity contribution in [2.75, 3.05) is 0 Å². The summed E-state index contributed by atoms with van der Waals surface area (Å²) in [6, 6.07) is 3.14. The number of Topliss-reactive ketones (excluding diaryl/α,β-unsaturated/α-hetero) is 1. The van der Waals surface area contributed by atoms with E-state index in [2.05, 4.69) is 0 Å². The van der Waals surface area contributed by atoms with Crippen molar-refractivity contribution < 1.29 is 19.1 Å². The maximum absolute atomic E-state index is 11.1. The van der Waals surface area contributed by atoms with E-state index >= 15 is 0 Å². The van der Waals surface area contributed by atoms with Crippen LogP contribution >= 0.6 is 0 Å². The topological polar surface area (TPSA) is 67.5 Å². The standard InChI is InChI=1S/C9H8O4/c10-7(3-1-5-9(11)12)8-4-2-6-13-8/h1-2,4-6H,3H2,(H,11,12). The molecule has 0 radical (unpaired) electrons. The molecule has 1 heterocycles. The van der Waals surface area contributed by atoms with Gasteiger partial charge in [-0.15, -0.1) is 0 Å². The SMILES string of the molecule is O=C(O)C=CCC(=O)c1ccco1. The van der Waals surface area contributed by atoms with Crippen LogP contribution in [0.15, 0.2) is 35.0 Å². The van der Waals surface area contributed by atoms with Crippen LogP contribution in [-0.4, -0.2) is 16.9 Å². The van der Waals surface area contributed by atoms with Gasteiger partial charge in [0.05, 0.1) is 6.26 Å². The third-order valence-corrected chi connectivity index (χ3v) is 1.36. The minimum absolute atomic E-state index is 0.0415. The molecule has 0 bridgehead atoms. The quantitative estimate of drug-likeness (QED) is 0.563. The van der Waals surface area contributed by atoms with Crippen LogP contribution in [0.2, 0.25) is 0 Å². The Bertz CT molecular complexity index is 321. The summed E-state index contributed by atoms with van der Waals surface area (Å²) < 4.78 is 4.82. The first-order valence-electron chi connectivity index (χ1n) is 3.66. The number of ketones is 1. The number of carboxylic acid groups (broad SMARTS) is 1. The molecule has 0 aromatic carbocycles. The molecule has 1 N–H and O–H groups in total. The average molecular weight is 180 g/mol. The third kappa shape index (κ3) is 2.94. The fourth-order valence-corrected chi connectivity index (χ4v) is 0.805. The zero-order chi connectivity index (χ0) is 9.68. The zero-order valence-corrected chi connectivity index (χ0v) is 6.77. The Morgan fingerprint density at radius 3 is 2.85 bits per heavy atom. The van der Waals surface area contributed by atoms with Crippen molar-refractivity contribution in [1.82, 2.24) is 0 Å². The van der Waals surface area contributed by atoms with Gasteiger partial charge in [-0.05, 0) is 12.1 Å². The van der Waals surface area contributed by atoms with E-state index in [9.17, 15) is 9.59 Å². The summed E-state index contributed by atoms with van der Waals surface area (Å²) in [5.74, 6) is -1.05. The van der Waals surface area contributed by atoms with Crippen LogP contribution < -0.4 is 0 Å². The molecule has 0 unspecified atom stereocenters. The van der Waals surface area contributed by atoms with Gasteiger partial charge in [0, 0.05) is 12.5 Å². The number of hydrogen-bond acceptors (Lipinski definition) is 3. The molecule has 4 heteroatoms. The number of furan rings is 1. The number of rotatable bonds is 4. The molecule has 0 fully saturated rings. The highest BCUT2D eigenvalue weighted by Gasteiger charge is 2.05. The van der Waals surface area contributed by atoms with Gasteiger partial charge in [0.1, 0.15) is 0 Å². The molecule has 68 valence electrons. The van der Waals surface area contributed by atoms with Gasteiger partial charge in [-0.2, -0.15) is 0 Å². The molecular formula is C9H8O4. The lowest BCUT2D eigenvalue weighted by molar-refractivity contribution is -0.131. The molecule has 13 heavy (non-hydrogen) atoms. The molecular weight excluding hydrogens is 172 g/mol. The van der Waals surface area contributed by atoms with Crippen molar-refractivity contribution in [3.8, 4) is 0 Å². The summed E-state index contributed by atoms with van der Waals surface area (Å²) in [6.45, 7) is 0. The lowest BCUT2D eigenvalue weighted by atomic mass is 10.2. The third-order valence-electron chi connectivity index (χ3n) is 1.36. The van der Waals surface area contributed by atoms with Crippen LogP contribution in [0, 0.1) is 0 Å². The fourth-order valence-electron chi connectivity index (χ4n) is 0.805. The summed E-state index contributed by atoms with van der Waals surface area (Å²) >= 11 is 0. The van der Waals surface area contributed by atoms with Crippen molar-refractivity contribution in [2.45, 2.75) is 6.42 Å². The highest BCUT2D eigenvalue weighted by molar-refractivity contribution is 5.95. The largest absolute Gasteiger partial charge is 0.478 e. The molecule has 1 aromatic rings. The lowest BCUT2D eigenvalue weighted by Gasteiger charge is -1.89. The number of carbonyl (C=O) groups excluding carboxylic acids is 1. The number of aliphatic carboxylic acids is 1. The molecule has 0 saturated carbocycles. The van der Waals surface area contributed by atoms with Crippen molar-refractivity contribution in [1.29, 1.82) is 0 Å². The second-order valence-electron chi connectivity index (χ2n) is 2.35. The van der Waals surface area contributed by atoms with E-state index in [1.165, 1.54) is 18.4 Å². The molecule has 0 saturated heterocycles.